The molecule has 0 saturated carbocycles. The minimum Gasteiger partial charge on any atom is -0.340 e. The van der Waals surface area contributed by atoms with E-state index in [2.05, 4.69) is 11.8 Å². The highest BCUT2D eigenvalue weighted by Gasteiger charge is 2.36. The molecule has 2 saturated heterocycles. The van der Waals surface area contributed by atoms with Gasteiger partial charge < -0.3 is 9.80 Å². The van der Waals surface area contributed by atoms with Crippen LogP contribution in [-0.2, 0) is 14.8 Å². The number of benzene rings is 1. The fourth-order valence-electron chi connectivity index (χ4n) is 4.58. The van der Waals surface area contributed by atoms with Crippen molar-refractivity contribution in [3.63, 3.8) is 0 Å². The summed E-state index contributed by atoms with van der Waals surface area (Å²) in [6.45, 7) is 15.1. The maximum atomic E-state index is 13.4. The van der Waals surface area contributed by atoms with Crippen molar-refractivity contribution in [3.05, 3.63) is 28.3 Å². The number of hydrogen-bond donors (Lipinski definition) is 0. The number of sulfonamides is 1. The highest BCUT2D eigenvalue weighted by Crippen LogP contribution is 2.31. The lowest BCUT2D eigenvalue weighted by atomic mass is 9.96. The van der Waals surface area contributed by atoms with Gasteiger partial charge in [0.05, 0.1) is 4.90 Å². The van der Waals surface area contributed by atoms with E-state index in [0.29, 0.717) is 30.8 Å². The van der Waals surface area contributed by atoms with E-state index in [-0.39, 0.29) is 11.8 Å². The number of piperidine rings is 1. The first-order valence-corrected chi connectivity index (χ1v) is 12.2. The third-order valence-corrected chi connectivity index (χ3v) is 9.00. The molecule has 0 atom stereocenters. The fraction of sp³-hybridized carbons (Fsp3) is 0.682. The lowest BCUT2D eigenvalue weighted by molar-refractivity contribution is -0.138. The predicted octanol–water partition coefficient (Wildman–Crippen LogP) is 2.49. The normalized spacial score (nSPS) is 20.2. The number of amides is 1. The minimum absolute atomic E-state index is 0.0592. The Morgan fingerprint density at radius 3 is 1.93 bits per heavy atom. The summed E-state index contributed by atoms with van der Waals surface area (Å²) in [6, 6.07) is 2.05. The van der Waals surface area contributed by atoms with E-state index in [1.165, 1.54) is 0 Å². The van der Waals surface area contributed by atoms with Gasteiger partial charge in [-0.05, 0) is 69.3 Å². The van der Waals surface area contributed by atoms with Crippen molar-refractivity contribution in [1.29, 1.82) is 0 Å². The minimum atomic E-state index is -3.55. The molecule has 0 aliphatic carbocycles. The molecule has 1 aromatic rings. The molecule has 0 N–H and O–H groups in total. The number of likely N-dealkylation sites (N-methyl/N-ethyl adjacent to an activating group) is 1. The summed E-state index contributed by atoms with van der Waals surface area (Å²) < 4.78 is 28.4. The average Bonchev–Trinajstić information content (AvgIpc) is 2.72. The van der Waals surface area contributed by atoms with Gasteiger partial charge in [0.15, 0.2) is 0 Å². The van der Waals surface area contributed by atoms with Crippen molar-refractivity contribution < 1.29 is 13.2 Å². The summed E-state index contributed by atoms with van der Waals surface area (Å²) in [5.41, 5.74) is 3.67. The summed E-state index contributed by atoms with van der Waals surface area (Å²) in [6.07, 6.45) is 1.21. The van der Waals surface area contributed by atoms with Crippen LogP contribution >= 0.6 is 0 Å². The van der Waals surface area contributed by atoms with Crippen LogP contribution in [-0.4, -0.2) is 74.2 Å². The molecule has 0 aromatic heterocycles. The van der Waals surface area contributed by atoms with Crippen molar-refractivity contribution in [1.82, 2.24) is 14.1 Å². The van der Waals surface area contributed by atoms with Crippen molar-refractivity contribution in [2.75, 3.05) is 45.8 Å². The molecule has 0 unspecified atom stereocenters. The first-order valence-electron chi connectivity index (χ1n) is 10.8. The Morgan fingerprint density at radius 2 is 1.45 bits per heavy atom. The van der Waals surface area contributed by atoms with Gasteiger partial charge in [0.2, 0.25) is 15.9 Å². The van der Waals surface area contributed by atoms with Gasteiger partial charge in [0.25, 0.3) is 0 Å². The van der Waals surface area contributed by atoms with Gasteiger partial charge >= 0.3 is 0 Å². The van der Waals surface area contributed by atoms with Crippen LogP contribution < -0.4 is 0 Å². The topological polar surface area (TPSA) is 60.9 Å². The zero-order valence-corrected chi connectivity index (χ0v) is 19.3. The third kappa shape index (κ3) is 4.37. The number of carbonyl (C=O) groups excluding carboxylic acids is 1. The molecule has 0 spiro atoms. The summed E-state index contributed by atoms with van der Waals surface area (Å²) in [7, 11) is -3.55. The van der Waals surface area contributed by atoms with Crippen molar-refractivity contribution in [3.8, 4) is 0 Å². The number of hydrogen-bond acceptors (Lipinski definition) is 4. The molecule has 2 aliphatic heterocycles. The zero-order valence-electron chi connectivity index (χ0n) is 18.5. The van der Waals surface area contributed by atoms with Crippen LogP contribution in [0.5, 0.6) is 0 Å². The second-order valence-electron chi connectivity index (χ2n) is 8.53. The van der Waals surface area contributed by atoms with E-state index in [4.69, 9.17) is 0 Å². The number of nitrogens with zero attached hydrogens (tertiary/aromatic N) is 3. The lowest BCUT2D eigenvalue weighted by Gasteiger charge is -2.38. The van der Waals surface area contributed by atoms with E-state index >= 15 is 0 Å². The first kappa shape index (κ1) is 22.2. The van der Waals surface area contributed by atoms with Gasteiger partial charge in [0, 0.05) is 45.2 Å². The molecule has 162 valence electrons. The van der Waals surface area contributed by atoms with Crippen LogP contribution in [0.1, 0.15) is 42.0 Å². The Labute approximate surface area is 175 Å². The fourth-order valence-corrected chi connectivity index (χ4v) is 6.63. The monoisotopic (exact) mass is 421 g/mol. The summed E-state index contributed by atoms with van der Waals surface area (Å²) in [4.78, 5) is 17.7. The predicted molar refractivity (Wildman–Crippen MR) is 116 cm³/mol. The van der Waals surface area contributed by atoms with E-state index < -0.39 is 10.0 Å². The van der Waals surface area contributed by atoms with E-state index in [9.17, 15) is 13.2 Å². The average molecular weight is 422 g/mol. The molecule has 7 heteroatoms. The van der Waals surface area contributed by atoms with Crippen LogP contribution in [0.2, 0.25) is 0 Å². The van der Waals surface area contributed by atoms with Gasteiger partial charge in [-0.1, -0.05) is 13.0 Å². The molecular formula is C22H35N3O3S. The highest BCUT2D eigenvalue weighted by molar-refractivity contribution is 7.89. The molecule has 2 fully saturated rings. The number of carbonyl (C=O) groups is 1. The number of aryl methyl sites for hydroxylation is 2. The molecule has 6 nitrogen and oxygen atoms in total. The first-order chi connectivity index (χ1) is 13.7. The molecule has 3 rings (SSSR count). The molecule has 1 amide bonds. The summed E-state index contributed by atoms with van der Waals surface area (Å²) in [5.74, 6) is 0.146. The van der Waals surface area contributed by atoms with Crippen molar-refractivity contribution in [2.45, 2.75) is 52.4 Å². The van der Waals surface area contributed by atoms with Gasteiger partial charge in [-0.15, -0.1) is 0 Å². The number of piperazine rings is 1. The van der Waals surface area contributed by atoms with Gasteiger partial charge in [0.1, 0.15) is 0 Å². The highest BCUT2D eigenvalue weighted by atomic mass is 32.2. The summed E-state index contributed by atoms with van der Waals surface area (Å²) >= 11 is 0. The second-order valence-corrected chi connectivity index (χ2v) is 10.4. The van der Waals surface area contributed by atoms with Crippen LogP contribution in [0.15, 0.2) is 11.0 Å². The zero-order chi connectivity index (χ0) is 21.3. The molecule has 29 heavy (non-hydrogen) atoms. The lowest BCUT2D eigenvalue weighted by Crippen LogP contribution is -2.51. The third-order valence-electron chi connectivity index (χ3n) is 6.83. The quantitative estimate of drug-likeness (QED) is 0.749. The smallest absolute Gasteiger partial charge is 0.243 e. The Kier molecular flexibility index (Phi) is 6.70. The molecule has 1 aromatic carbocycles. The van der Waals surface area contributed by atoms with Crippen LogP contribution in [0.3, 0.4) is 0 Å². The molecule has 0 bridgehead atoms. The van der Waals surface area contributed by atoms with Gasteiger partial charge in [-0.2, -0.15) is 4.31 Å². The Balaban J connectivity index is 1.69. The number of rotatable bonds is 4. The van der Waals surface area contributed by atoms with E-state index in [0.717, 1.165) is 55.0 Å². The molecular weight excluding hydrogens is 386 g/mol. The maximum absolute atomic E-state index is 13.4. The van der Waals surface area contributed by atoms with E-state index in [1.54, 1.807) is 4.31 Å². The van der Waals surface area contributed by atoms with E-state index in [1.807, 2.05) is 38.7 Å². The Hall–Kier alpha value is -1.44. The largest absolute Gasteiger partial charge is 0.340 e. The van der Waals surface area contributed by atoms with Crippen LogP contribution in [0.4, 0.5) is 0 Å². The summed E-state index contributed by atoms with van der Waals surface area (Å²) in [5, 5.41) is 0. The molecule has 0 radical (unpaired) electrons. The van der Waals surface area contributed by atoms with Gasteiger partial charge in [-0.25, -0.2) is 8.42 Å². The molecule has 2 heterocycles. The Morgan fingerprint density at radius 1 is 0.931 bits per heavy atom. The molecule has 2 aliphatic rings. The standard InChI is InChI=1S/C22H35N3O3S/c1-6-23-11-13-24(14-12-23)22(26)20-7-9-25(10-8-20)29(27,28)21-18(4)16(2)15-17(3)19(21)5/h15,20H,6-14H2,1-5H3. The van der Waals surface area contributed by atoms with Crippen molar-refractivity contribution >= 4 is 15.9 Å². The van der Waals surface area contributed by atoms with Crippen LogP contribution in [0.25, 0.3) is 0 Å². The van der Waals surface area contributed by atoms with Crippen molar-refractivity contribution in [2.24, 2.45) is 5.92 Å². The SMILES string of the molecule is CCN1CCN(C(=O)C2CCN(S(=O)(=O)c3c(C)c(C)cc(C)c3C)CC2)CC1. The Bertz CT molecular complexity index is 840. The van der Waals surface area contributed by atoms with Crippen LogP contribution in [0, 0.1) is 33.6 Å². The maximum Gasteiger partial charge on any atom is 0.243 e. The second kappa shape index (κ2) is 8.74. The van der Waals surface area contributed by atoms with Gasteiger partial charge in [-0.3, -0.25) is 4.79 Å².